The van der Waals surface area contributed by atoms with Gasteiger partial charge in [-0.1, -0.05) is 35.6 Å². The fourth-order valence-corrected chi connectivity index (χ4v) is 3.80. The molecule has 1 aromatic carbocycles. The molecule has 0 atom stereocenters. The molecule has 2 aromatic rings. The number of benzene rings is 1. The molecule has 1 aliphatic heterocycles. The van der Waals surface area contributed by atoms with E-state index in [2.05, 4.69) is 0 Å². The molecule has 1 aliphatic rings. The van der Waals surface area contributed by atoms with Gasteiger partial charge < -0.3 is 9.15 Å². The van der Waals surface area contributed by atoms with Crippen LogP contribution in [0.3, 0.4) is 0 Å². The first-order valence-corrected chi connectivity index (χ1v) is 9.29. The molecule has 1 saturated heterocycles. The number of halogens is 1. The second-order valence-electron chi connectivity index (χ2n) is 5.39. The van der Waals surface area contributed by atoms with Gasteiger partial charge in [0.15, 0.2) is 0 Å². The van der Waals surface area contributed by atoms with Crippen molar-refractivity contribution in [2.24, 2.45) is 0 Å². The number of methoxy groups -OCH3 is 1. The number of ether oxygens (including phenoxy) is 1. The molecule has 3 rings (SSSR count). The first-order chi connectivity index (χ1) is 12.1. The molecule has 0 N–H and O–H groups in total. The van der Waals surface area contributed by atoms with E-state index in [4.69, 9.17) is 33.0 Å². The summed E-state index contributed by atoms with van der Waals surface area (Å²) in [4.78, 5) is 14.7. The normalized spacial score (nSPS) is 16.2. The quantitative estimate of drug-likeness (QED) is 0.399. The minimum atomic E-state index is -0.0875. The van der Waals surface area contributed by atoms with Gasteiger partial charge in [-0.15, -0.1) is 0 Å². The minimum Gasteiger partial charge on any atom is -0.457 e. The van der Waals surface area contributed by atoms with Crippen molar-refractivity contribution in [2.75, 3.05) is 20.3 Å². The number of thioether (sulfide) groups is 1. The Hall–Kier alpha value is -1.60. The summed E-state index contributed by atoms with van der Waals surface area (Å²) in [5.41, 5.74) is 0.927. The summed E-state index contributed by atoms with van der Waals surface area (Å²) in [6.07, 6.45) is 2.48. The first kappa shape index (κ1) is 18.2. The lowest BCUT2D eigenvalue weighted by Crippen LogP contribution is -2.29. The van der Waals surface area contributed by atoms with Crippen molar-refractivity contribution in [1.82, 2.24) is 4.90 Å². The van der Waals surface area contributed by atoms with E-state index >= 15 is 0 Å². The first-order valence-electron chi connectivity index (χ1n) is 7.68. The third-order valence-corrected chi connectivity index (χ3v) is 5.26. The Kier molecular flexibility index (Phi) is 5.96. The molecule has 0 spiro atoms. The lowest BCUT2D eigenvalue weighted by Gasteiger charge is -2.13. The van der Waals surface area contributed by atoms with Crippen molar-refractivity contribution in [3.8, 4) is 11.3 Å². The molecule has 7 heteroatoms. The van der Waals surface area contributed by atoms with E-state index in [9.17, 15) is 4.79 Å². The zero-order valence-electron chi connectivity index (χ0n) is 13.5. The molecule has 1 amide bonds. The molecular formula is C18H16ClNO3S2. The fraction of sp³-hybridized carbons (Fsp3) is 0.222. The van der Waals surface area contributed by atoms with E-state index in [1.54, 1.807) is 18.1 Å². The summed E-state index contributed by atoms with van der Waals surface area (Å²) in [5, 5.41) is 0.674. The summed E-state index contributed by atoms with van der Waals surface area (Å²) in [6.45, 7) is 1.16. The molecule has 25 heavy (non-hydrogen) atoms. The van der Waals surface area contributed by atoms with Crippen LogP contribution in [0.4, 0.5) is 0 Å². The maximum Gasteiger partial charge on any atom is 0.266 e. The number of hydrogen-bond donors (Lipinski definition) is 0. The van der Waals surface area contributed by atoms with Crippen LogP contribution in [-0.4, -0.2) is 35.4 Å². The Morgan fingerprint density at radius 3 is 2.76 bits per heavy atom. The molecule has 2 heterocycles. The highest BCUT2D eigenvalue weighted by Crippen LogP contribution is 2.33. The average Bonchev–Trinajstić information content (AvgIpc) is 3.16. The van der Waals surface area contributed by atoms with Crippen LogP contribution in [0.1, 0.15) is 12.2 Å². The monoisotopic (exact) mass is 393 g/mol. The molecule has 1 fully saturated rings. The highest BCUT2D eigenvalue weighted by atomic mass is 35.5. The maximum atomic E-state index is 12.5. The standard InChI is InChI=1S/C18H16ClNO3S2/c1-22-10-2-9-20-17(21)16(25-18(20)24)11-14-7-8-15(23-14)12-3-5-13(19)6-4-12/h3-8,11H,2,9-10H2,1H3/b16-11-. The van der Waals surface area contributed by atoms with Crippen LogP contribution in [0, 0.1) is 0 Å². The van der Waals surface area contributed by atoms with Crippen molar-refractivity contribution in [3.63, 3.8) is 0 Å². The molecule has 1 aromatic heterocycles. The Balaban J connectivity index is 1.74. The van der Waals surface area contributed by atoms with E-state index in [1.165, 1.54) is 11.8 Å². The van der Waals surface area contributed by atoms with Crippen LogP contribution in [0.5, 0.6) is 0 Å². The van der Waals surface area contributed by atoms with Crippen molar-refractivity contribution < 1.29 is 13.9 Å². The number of rotatable bonds is 6. The lowest BCUT2D eigenvalue weighted by atomic mass is 10.2. The molecule has 0 saturated carbocycles. The van der Waals surface area contributed by atoms with Gasteiger partial charge in [-0.2, -0.15) is 0 Å². The van der Waals surface area contributed by atoms with Crippen LogP contribution >= 0.6 is 35.6 Å². The molecule has 0 aliphatic carbocycles. The average molecular weight is 394 g/mol. The van der Waals surface area contributed by atoms with E-state index in [1.807, 2.05) is 36.4 Å². The van der Waals surface area contributed by atoms with Gasteiger partial charge in [0.2, 0.25) is 0 Å². The van der Waals surface area contributed by atoms with Gasteiger partial charge in [0.05, 0.1) is 4.91 Å². The fourth-order valence-electron chi connectivity index (χ4n) is 2.39. The molecular weight excluding hydrogens is 378 g/mol. The maximum absolute atomic E-state index is 12.5. The molecule has 0 bridgehead atoms. The van der Waals surface area contributed by atoms with Gasteiger partial charge in [-0.3, -0.25) is 9.69 Å². The zero-order valence-corrected chi connectivity index (χ0v) is 15.9. The van der Waals surface area contributed by atoms with Crippen molar-refractivity contribution >= 4 is 51.9 Å². The van der Waals surface area contributed by atoms with Crippen LogP contribution in [0.15, 0.2) is 45.7 Å². The van der Waals surface area contributed by atoms with Gasteiger partial charge in [-0.05, 0) is 42.8 Å². The summed E-state index contributed by atoms with van der Waals surface area (Å²) in [6, 6.07) is 11.1. The second-order valence-corrected chi connectivity index (χ2v) is 7.50. The van der Waals surface area contributed by atoms with Gasteiger partial charge in [0.25, 0.3) is 5.91 Å². The Bertz CT molecular complexity index is 814. The molecule has 4 nitrogen and oxygen atoms in total. The van der Waals surface area contributed by atoms with Crippen molar-refractivity contribution in [2.45, 2.75) is 6.42 Å². The van der Waals surface area contributed by atoms with Gasteiger partial charge in [0, 0.05) is 36.9 Å². The Labute approximate surface area is 160 Å². The SMILES string of the molecule is COCCCN1C(=O)/C(=C/c2ccc(-c3ccc(Cl)cc3)o2)SC1=S. The van der Waals surface area contributed by atoms with E-state index < -0.39 is 0 Å². The second kappa shape index (κ2) is 8.19. The summed E-state index contributed by atoms with van der Waals surface area (Å²) < 4.78 is 11.4. The van der Waals surface area contributed by atoms with E-state index in [0.717, 1.165) is 17.7 Å². The number of amides is 1. The van der Waals surface area contributed by atoms with E-state index in [-0.39, 0.29) is 5.91 Å². The van der Waals surface area contributed by atoms with Crippen LogP contribution in [-0.2, 0) is 9.53 Å². The van der Waals surface area contributed by atoms with Crippen LogP contribution in [0.2, 0.25) is 5.02 Å². The zero-order chi connectivity index (χ0) is 17.8. The van der Waals surface area contributed by atoms with Crippen LogP contribution < -0.4 is 0 Å². The Morgan fingerprint density at radius 1 is 1.28 bits per heavy atom. The van der Waals surface area contributed by atoms with Crippen molar-refractivity contribution in [3.05, 3.63) is 52.1 Å². The highest BCUT2D eigenvalue weighted by molar-refractivity contribution is 8.26. The number of carbonyl (C=O) groups excluding carboxylic acids is 1. The number of furan rings is 1. The molecule has 0 unspecified atom stereocenters. The number of hydrogen-bond acceptors (Lipinski definition) is 5. The smallest absolute Gasteiger partial charge is 0.266 e. The summed E-state index contributed by atoms with van der Waals surface area (Å²) >= 11 is 12.5. The summed E-state index contributed by atoms with van der Waals surface area (Å²) in [5.74, 6) is 1.25. The number of carbonyl (C=O) groups is 1. The minimum absolute atomic E-state index is 0.0875. The number of thiocarbonyl (C=S) groups is 1. The third-order valence-electron chi connectivity index (χ3n) is 3.63. The largest absolute Gasteiger partial charge is 0.457 e. The topological polar surface area (TPSA) is 42.7 Å². The van der Waals surface area contributed by atoms with Crippen molar-refractivity contribution in [1.29, 1.82) is 0 Å². The van der Waals surface area contributed by atoms with Gasteiger partial charge in [-0.25, -0.2) is 0 Å². The number of nitrogens with zero attached hydrogens (tertiary/aromatic N) is 1. The highest BCUT2D eigenvalue weighted by Gasteiger charge is 2.31. The summed E-state index contributed by atoms with van der Waals surface area (Å²) in [7, 11) is 1.64. The lowest BCUT2D eigenvalue weighted by molar-refractivity contribution is -0.122. The predicted octanol–water partition coefficient (Wildman–Crippen LogP) is 4.84. The predicted molar refractivity (Wildman–Crippen MR) is 106 cm³/mol. The third kappa shape index (κ3) is 4.33. The van der Waals surface area contributed by atoms with Crippen LogP contribution in [0.25, 0.3) is 17.4 Å². The Morgan fingerprint density at radius 2 is 2.04 bits per heavy atom. The van der Waals surface area contributed by atoms with Gasteiger partial charge in [0.1, 0.15) is 15.8 Å². The van der Waals surface area contributed by atoms with E-state index in [0.29, 0.717) is 33.2 Å². The molecule has 130 valence electrons. The molecule has 0 radical (unpaired) electrons. The van der Waals surface area contributed by atoms with Gasteiger partial charge >= 0.3 is 0 Å².